The van der Waals surface area contributed by atoms with Crippen molar-refractivity contribution in [3.05, 3.63) is 35.4 Å². The van der Waals surface area contributed by atoms with E-state index in [1.54, 1.807) is 42.7 Å². The van der Waals surface area contributed by atoms with E-state index < -0.39 is 0 Å². The van der Waals surface area contributed by atoms with Gasteiger partial charge in [0.2, 0.25) is 11.5 Å². The molecule has 1 aliphatic heterocycles. The van der Waals surface area contributed by atoms with Crippen molar-refractivity contribution in [2.24, 2.45) is 0 Å². The summed E-state index contributed by atoms with van der Waals surface area (Å²) in [4.78, 5) is 2.45. The average molecular weight is 447 g/mol. The van der Waals surface area contributed by atoms with Crippen LogP contribution in [0.5, 0.6) is 34.5 Å². The van der Waals surface area contributed by atoms with E-state index in [2.05, 4.69) is 10.2 Å². The Bertz CT molecular complexity index is 783. The van der Waals surface area contributed by atoms with Gasteiger partial charge < -0.3 is 33.7 Å². The highest BCUT2D eigenvalue weighted by Gasteiger charge is 2.28. The molecule has 0 amide bonds. The number of methoxy groups -OCH3 is 6. The third-order valence-electron chi connectivity index (χ3n) is 5.75. The van der Waals surface area contributed by atoms with Crippen LogP contribution in [0.1, 0.15) is 23.6 Å². The average Bonchev–Trinajstić information content (AvgIpc) is 3.12. The number of rotatable bonds is 9. The number of nitrogens with zero attached hydrogens (tertiary/aromatic N) is 1. The quantitative estimate of drug-likeness (QED) is 0.630. The van der Waals surface area contributed by atoms with Crippen LogP contribution in [0, 0.1) is 0 Å². The number of hydrogen-bond acceptors (Lipinski definition) is 8. The molecule has 1 saturated heterocycles. The first-order valence-corrected chi connectivity index (χ1v) is 10.7. The van der Waals surface area contributed by atoms with Crippen molar-refractivity contribution in [1.29, 1.82) is 0 Å². The van der Waals surface area contributed by atoms with Gasteiger partial charge in [-0.2, -0.15) is 0 Å². The van der Waals surface area contributed by atoms with Gasteiger partial charge in [0, 0.05) is 19.6 Å². The summed E-state index contributed by atoms with van der Waals surface area (Å²) in [6, 6.07) is 7.94. The van der Waals surface area contributed by atoms with Crippen molar-refractivity contribution in [2.75, 3.05) is 68.8 Å². The van der Waals surface area contributed by atoms with Crippen molar-refractivity contribution in [2.45, 2.75) is 12.5 Å². The molecule has 8 heteroatoms. The molecule has 32 heavy (non-hydrogen) atoms. The topological polar surface area (TPSA) is 70.7 Å². The summed E-state index contributed by atoms with van der Waals surface area (Å²) < 4.78 is 33.6. The number of benzene rings is 2. The Morgan fingerprint density at radius 3 is 1.44 bits per heavy atom. The van der Waals surface area contributed by atoms with Crippen LogP contribution in [0.3, 0.4) is 0 Å². The van der Waals surface area contributed by atoms with Crippen molar-refractivity contribution in [3.63, 3.8) is 0 Å². The highest BCUT2D eigenvalue weighted by molar-refractivity contribution is 5.58. The molecule has 2 aromatic rings. The van der Waals surface area contributed by atoms with E-state index in [-0.39, 0.29) is 6.04 Å². The zero-order valence-corrected chi connectivity index (χ0v) is 19.8. The van der Waals surface area contributed by atoms with Crippen LogP contribution >= 0.6 is 0 Å². The summed E-state index contributed by atoms with van der Waals surface area (Å²) in [6.07, 6.45) is 1.05. The third-order valence-corrected chi connectivity index (χ3v) is 5.75. The van der Waals surface area contributed by atoms with Crippen molar-refractivity contribution >= 4 is 0 Å². The molecule has 0 spiro atoms. The molecule has 0 atom stereocenters. The lowest BCUT2D eigenvalue weighted by Gasteiger charge is -2.32. The molecule has 0 aromatic heterocycles. The van der Waals surface area contributed by atoms with E-state index in [1.807, 2.05) is 24.3 Å². The zero-order valence-electron chi connectivity index (χ0n) is 19.8. The SMILES string of the molecule is COc1cc(C(c2cc(OC)c(OC)c(OC)c2)N2CCCNCC2)cc(OC)c1OC. The minimum Gasteiger partial charge on any atom is -0.493 e. The van der Waals surface area contributed by atoms with Crippen LogP contribution < -0.4 is 33.7 Å². The van der Waals surface area contributed by atoms with E-state index >= 15 is 0 Å². The predicted octanol–water partition coefficient (Wildman–Crippen LogP) is 3.12. The lowest BCUT2D eigenvalue weighted by molar-refractivity contribution is 0.237. The van der Waals surface area contributed by atoms with Crippen LogP contribution in [0.15, 0.2) is 24.3 Å². The fraction of sp³-hybridized carbons (Fsp3) is 0.500. The van der Waals surface area contributed by atoms with Gasteiger partial charge in [0.1, 0.15) is 0 Å². The van der Waals surface area contributed by atoms with E-state index in [0.29, 0.717) is 34.5 Å². The zero-order chi connectivity index (χ0) is 23.1. The van der Waals surface area contributed by atoms with Gasteiger partial charge in [-0.3, -0.25) is 4.90 Å². The van der Waals surface area contributed by atoms with Crippen molar-refractivity contribution < 1.29 is 28.4 Å². The maximum absolute atomic E-state index is 5.64. The number of nitrogens with one attached hydrogen (secondary N) is 1. The van der Waals surface area contributed by atoms with Crippen LogP contribution in [0.4, 0.5) is 0 Å². The molecular formula is C24H34N2O6. The Hall–Kier alpha value is -2.84. The van der Waals surface area contributed by atoms with E-state index in [4.69, 9.17) is 28.4 Å². The molecule has 1 aliphatic rings. The molecule has 1 heterocycles. The van der Waals surface area contributed by atoms with Crippen LogP contribution in [-0.4, -0.2) is 73.7 Å². The predicted molar refractivity (Wildman–Crippen MR) is 123 cm³/mol. The summed E-state index contributed by atoms with van der Waals surface area (Å²) in [5.41, 5.74) is 2.05. The number of ether oxygens (including phenoxy) is 6. The molecule has 3 rings (SSSR count). The van der Waals surface area contributed by atoms with Crippen molar-refractivity contribution in [1.82, 2.24) is 10.2 Å². The first kappa shape index (κ1) is 23.8. The highest BCUT2D eigenvalue weighted by Crippen LogP contribution is 2.45. The molecule has 8 nitrogen and oxygen atoms in total. The maximum atomic E-state index is 5.64. The molecular weight excluding hydrogens is 412 g/mol. The monoisotopic (exact) mass is 446 g/mol. The van der Waals surface area contributed by atoms with E-state index in [9.17, 15) is 0 Å². The van der Waals surface area contributed by atoms with Gasteiger partial charge in [-0.05, 0) is 48.4 Å². The van der Waals surface area contributed by atoms with Gasteiger partial charge in [0.05, 0.1) is 48.7 Å². The van der Waals surface area contributed by atoms with Gasteiger partial charge in [0.15, 0.2) is 23.0 Å². The fourth-order valence-electron chi connectivity index (χ4n) is 4.26. The molecule has 176 valence electrons. The summed E-state index contributed by atoms with van der Waals surface area (Å²) in [6.45, 7) is 3.72. The summed E-state index contributed by atoms with van der Waals surface area (Å²) >= 11 is 0. The smallest absolute Gasteiger partial charge is 0.203 e. The third kappa shape index (κ3) is 4.81. The Balaban J connectivity index is 2.22. The Morgan fingerprint density at radius 2 is 1.06 bits per heavy atom. The first-order valence-electron chi connectivity index (χ1n) is 10.7. The molecule has 1 N–H and O–H groups in total. The minimum atomic E-state index is -0.0858. The molecule has 2 aromatic carbocycles. The van der Waals surface area contributed by atoms with Gasteiger partial charge in [0.25, 0.3) is 0 Å². The van der Waals surface area contributed by atoms with Gasteiger partial charge in [-0.1, -0.05) is 0 Å². The lowest BCUT2D eigenvalue weighted by atomic mass is 9.95. The Morgan fingerprint density at radius 1 is 0.625 bits per heavy atom. The first-order chi connectivity index (χ1) is 15.6. The van der Waals surface area contributed by atoms with Crippen LogP contribution in [0.2, 0.25) is 0 Å². The molecule has 0 unspecified atom stereocenters. The van der Waals surface area contributed by atoms with E-state index in [0.717, 1.165) is 43.7 Å². The van der Waals surface area contributed by atoms with Gasteiger partial charge in [-0.25, -0.2) is 0 Å². The van der Waals surface area contributed by atoms with Gasteiger partial charge >= 0.3 is 0 Å². The van der Waals surface area contributed by atoms with Crippen LogP contribution in [0.25, 0.3) is 0 Å². The summed E-state index contributed by atoms with van der Waals surface area (Å²) in [5, 5.41) is 3.48. The van der Waals surface area contributed by atoms with Crippen molar-refractivity contribution in [3.8, 4) is 34.5 Å². The molecule has 1 fully saturated rings. The summed E-state index contributed by atoms with van der Waals surface area (Å²) in [5.74, 6) is 3.61. The minimum absolute atomic E-state index is 0.0858. The maximum Gasteiger partial charge on any atom is 0.203 e. The largest absolute Gasteiger partial charge is 0.493 e. The molecule has 0 bridgehead atoms. The Labute approximate surface area is 190 Å². The highest BCUT2D eigenvalue weighted by atomic mass is 16.5. The second-order valence-electron chi connectivity index (χ2n) is 7.46. The Kier molecular flexibility index (Phi) is 8.30. The lowest BCUT2D eigenvalue weighted by Crippen LogP contribution is -2.33. The van der Waals surface area contributed by atoms with Gasteiger partial charge in [-0.15, -0.1) is 0 Å². The summed E-state index contributed by atoms with van der Waals surface area (Å²) in [7, 11) is 9.74. The fourth-order valence-corrected chi connectivity index (χ4v) is 4.26. The number of hydrogen-bond donors (Lipinski definition) is 1. The second-order valence-corrected chi connectivity index (χ2v) is 7.46. The molecule has 0 saturated carbocycles. The van der Waals surface area contributed by atoms with E-state index in [1.165, 1.54) is 0 Å². The molecule has 0 radical (unpaired) electrons. The molecule has 0 aliphatic carbocycles. The van der Waals surface area contributed by atoms with Crippen LogP contribution in [-0.2, 0) is 0 Å². The standard InChI is InChI=1S/C24H34N2O6/c1-27-18-12-16(13-19(28-2)23(18)31-5)22(26-10-7-8-25-9-11-26)17-14-20(29-3)24(32-6)21(15-17)30-4/h12-15,22,25H,7-11H2,1-6H3. The second kappa shape index (κ2) is 11.2. The normalized spacial score (nSPS) is 14.6.